The molecular weight excluding hydrogens is 816 g/mol. The zero-order valence-corrected chi connectivity index (χ0v) is 41.7. The van der Waals surface area contributed by atoms with Crippen molar-refractivity contribution in [3.05, 3.63) is 201 Å². The predicted octanol–water partition coefficient (Wildman–Crippen LogP) is 16.1. The molecule has 0 fully saturated rings. The third-order valence-electron chi connectivity index (χ3n) is 15.2. The number of hydrogen-bond donors (Lipinski definition) is 0. The average Bonchev–Trinajstić information content (AvgIpc) is 3.84. The molecule has 2 aliphatic rings. The normalized spacial score (nSPS) is 17.1. The molecule has 0 aromatic heterocycles. The van der Waals surface area contributed by atoms with Crippen LogP contribution in [0.4, 0.5) is 0 Å². The standard InChI is InChI=1S/2C21H23.2C7H7.C2H7Si.Zr/c2*1-5-15-13-17-7-6-8-19(20(17)14-15)16-9-11-18(12-10-16)21(2,3)4;2*1-7-5-3-2-4-6-7;1-3-2;/h2*6-14H,5H2,1-4H3;2*2-6H,1H2;3H,1-2H3;. The van der Waals surface area contributed by atoms with Gasteiger partial charge >= 0.3 is 367 Å². The minimum absolute atomic E-state index is 0.118. The van der Waals surface area contributed by atoms with Crippen LogP contribution >= 0.6 is 0 Å². The second-order valence-corrected chi connectivity index (χ2v) is 54.6. The molecule has 2 unspecified atom stereocenters. The van der Waals surface area contributed by atoms with Gasteiger partial charge in [-0.2, -0.15) is 0 Å². The Labute approximate surface area is 364 Å². The topological polar surface area (TPSA) is 0 Å². The van der Waals surface area contributed by atoms with Crippen LogP contribution in [0.5, 0.6) is 0 Å². The molecule has 60 heavy (non-hydrogen) atoms. The summed E-state index contributed by atoms with van der Waals surface area (Å²) in [5.41, 5.74) is 21.1. The summed E-state index contributed by atoms with van der Waals surface area (Å²) in [6.07, 6.45) is 7.54. The van der Waals surface area contributed by atoms with E-state index in [0.717, 1.165) is 12.8 Å². The van der Waals surface area contributed by atoms with Gasteiger partial charge in [0.15, 0.2) is 0 Å². The van der Waals surface area contributed by atoms with Gasteiger partial charge in [-0.3, -0.25) is 0 Å². The molecule has 307 valence electrons. The van der Waals surface area contributed by atoms with Gasteiger partial charge in [0, 0.05) is 0 Å². The zero-order chi connectivity index (χ0) is 42.5. The fraction of sp³-hybridized carbons (Fsp3) is 0.310. The van der Waals surface area contributed by atoms with Crippen LogP contribution in [-0.4, -0.2) is 5.92 Å². The molecule has 0 radical (unpaired) electrons. The third-order valence-corrected chi connectivity index (χ3v) is 63.3. The first-order chi connectivity index (χ1) is 28.7. The Balaban J connectivity index is 1.45. The van der Waals surface area contributed by atoms with Crippen LogP contribution < -0.4 is 0 Å². The quantitative estimate of drug-likeness (QED) is 0.114. The van der Waals surface area contributed by atoms with Gasteiger partial charge in [-0.1, -0.05) is 0 Å². The summed E-state index contributed by atoms with van der Waals surface area (Å²) in [5.74, 6) is -1.53. The molecule has 0 aliphatic heterocycles. The second kappa shape index (κ2) is 16.3. The van der Waals surface area contributed by atoms with E-state index < -0.39 is 23.9 Å². The van der Waals surface area contributed by atoms with Crippen LogP contribution in [-0.2, 0) is 37.0 Å². The van der Waals surface area contributed by atoms with E-state index in [1.807, 2.05) is 0 Å². The molecule has 0 spiro atoms. The Hall–Kier alpha value is -4.10. The molecule has 0 saturated carbocycles. The summed E-state index contributed by atoms with van der Waals surface area (Å²) in [7, 11) is 0. The Kier molecular flexibility index (Phi) is 11.6. The van der Waals surface area contributed by atoms with Crippen LogP contribution in [0.15, 0.2) is 157 Å². The fourth-order valence-electron chi connectivity index (χ4n) is 12.0. The van der Waals surface area contributed by atoms with Crippen molar-refractivity contribution < 1.29 is 17.9 Å². The van der Waals surface area contributed by atoms with Crippen molar-refractivity contribution >= 4 is 18.1 Å². The van der Waals surface area contributed by atoms with Gasteiger partial charge in [0.1, 0.15) is 0 Å². The van der Waals surface area contributed by atoms with Gasteiger partial charge in [-0.05, 0) is 0 Å². The molecule has 0 heterocycles. The van der Waals surface area contributed by atoms with Crippen molar-refractivity contribution in [3.8, 4) is 22.3 Å². The van der Waals surface area contributed by atoms with E-state index in [2.05, 4.69) is 226 Å². The van der Waals surface area contributed by atoms with Crippen LogP contribution in [0.1, 0.15) is 120 Å². The second-order valence-electron chi connectivity index (χ2n) is 20.7. The summed E-state index contributed by atoms with van der Waals surface area (Å²) < 4.78 is 3.32. The molecule has 0 N–H and O–H groups in total. The van der Waals surface area contributed by atoms with Crippen molar-refractivity contribution in [3.63, 3.8) is 0 Å². The van der Waals surface area contributed by atoms with Crippen LogP contribution in [0.25, 0.3) is 34.4 Å². The van der Waals surface area contributed by atoms with Gasteiger partial charge in [0.05, 0.1) is 0 Å². The van der Waals surface area contributed by atoms with Crippen molar-refractivity contribution in [1.82, 2.24) is 0 Å². The summed E-state index contributed by atoms with van der Waals surface area (Å²) >= 11 is -4.56. The number of allylic oxidation sites excluding steroid dienone is 2. The molecule has 2 atom stereocenters. The van der Waals surface area contributed by atoms with Crippen LogP contribution in [0.3, 0.4) is 0 Å². The predicted molar refractivity (Wildman–Crippen MR) is 262 cm³/mol. The zero-order valence-electron chi connectivity index (χ0n) is 38.1. The van der Waals surface area contributed by atoms with E-state index in [4.69, 9.17) is 0 Å². The molecule has 0 saturated heterocycles. The number of benzene rings is 6. The molecule has 0 nitrogen and oxygen atoms in total. The number of rotatable bonds is 11. The fourth-order valence-corrected chi connectivity index (χ4v) is 57.9. The van der Waals surface area contributed by atoms with Gasteiger partial charge in [-0.25, -0.2) is 0 Å². The van der Waals surface area contributed by atoms with Gasteiger partial charge in [0.25, 0.3) is 0 Å². The maximum absolute atomic E-state index is 4.56. The van der Waals surface area contributed by atoms with Crippen molar-refractivity contribution in [1.29, 1.82) is 0 Å². The van der Waals surface area contributed by atoms with E-state index in [-0.39, 0.29) is 10.8 Å². The summed E-state index contributed by atoms with van der Waals surface area (Å²) in [5, 5.41) is 0. The van der Waals surface area contributed by atoms with Gasteiger partial charge < -0.3 is 0 Å². The third kappa shape index (κ3) is 7.28. The first kappa shape index (κ1) is 42.6. The Morgan fingerprint density at radius 3 is 1.13 bits per heavy atom. The van der Waals surface area contributed by atoms with E-state index in [9.17, 15) is 0 Å². The number of hydrogen-bond acceptors (Lipinski definition) is 0. The van der Waals surface area contributed by atoms with Gasteiger partial charge in [-0.15, -0.1) is 0 Å². The molecule has 0 bridgehead atoms. The summed E-state index contributed by atoms with van der Waals surface area (Å²) in [4.78, 5) is 0. The molecule has 8 rings (SSSR count). The number of fused-ring (bicyclic) bond motifs is 2. The molecule has 2 aliphatic carbocycles. The monoisotopic (exact) mass is 881 g/mol. The summed E-state index contributed by atoms with van der Waals surface area (Å²) in [6.45, 7) is 24.4. The minimum atomic E-state index is -4.56. The molecule has 2 heteroatoms. The first-order valence-corrected chi connectivity index (χ1v) is 36.3. The van der Waals surface area contributed by atoms with Crippen LogP contribution in [0.2, 0.25) is 13.1 Å². The van der Waals surface area contributed by atoms with Gasteiger partial charge in [0.2, 0.25) is 0 Å². The van der Waals surface area contributed by atoms with Crippen LogP contribution in [0, 0.1) is 0 Å². The molecular formula is C58H67SiZr. The summed E-state index contributed by atoms with van der Waals surface area (Å²) in [6, 6.07) is 57.4. The first-order valence-electron chi connectivity index (χ1n) is 22.8. The van der Waals surface area contributed by atoms with E-state index in [1.165, 1.54) is 63.9 Å². The maximum atomic E-state index is 2.80. The van der Waals surface area contributed by atoms with E-state index in [0.29, 0.717) is 7.25 Å². The molecule has 6 aromatic rings. The van der Waals surface area contributed by atoms with E-state index in [1.54, 1.807) is 22.3 Å². The Morgan fingerprint density at radius 2 is 0.817 bits per heavy atom. The van der Waals surface area contributed by atoms with Crippen molar-refractivity contribution in [2.24, 2.45) is 0 Å². The van der Waals surface area contributed by atoms with Crippen molar-refractivity contribution in [2.75, 3.05) is 0 Å². The Morgan fingerprint density at radius 1 is 0.450 bits per heavy atom. The molecule has 0 amide bonds. The average molecular weight is 883 g/mol. The Bertz CT molecular complexity index is 2370. The SMILES string of the molecule is CCC1=Cc2c(-c3ccc(C(C)(C)C)cc3)cccc2[CH]1[Zr]([CH2]c1ccccc1)([CH2]c1ccccc1)([CH]1C(CC)=Cc2c(-c3ccc(C(C)(C)C)cc3)cccc21)[SiH](C)C. The molecule has 6 aromatic carbocycles. The van der Waals surface area contributed by atoms with E-state index >= 15 is 0 Å². The van der Waals surface area contributed by atoms with Crippen molar-refractivity contribution in [2.45, 2.75) is 108 Å².